The zero-order valence-corrected chi connectivity index (χ0v) is 9.12. The standard InChI is InChI=1S/C9H10BrN3/c1-6(2)7-3-8(10)9-11-5-12-13(9)4-7/h3-6H,1-2H3. The first-order valence-corrected chi connectivity index (χ1v) is 4.96. The van der Waals surface area contributed by atoms with Crippen molar-refractivity contribution in [1.29, 1.82) is 0 Å². The highest BCUT2D eigenvalue weighted by Crippen LogP contribution is 2.22. The van der Waals surface area contributed by atoms with Crippen molar-refractivity contribution in [2.45, 2.75) is 19.8 Å². The average Bonchev–Trinajstić information content (AvgIpc) is 2.51. The van der Waals surface area contributed by atoms with E-state index >= 15 is 0 Å². The summed E-state index contributed by atoms with van der Waals surface area (Å²) in [6.45, 7) is 4.31. The number of nitrogens with zero attached hydrogens (tertiary/aromatic N) is 3. The lowest BCUT2D eigenvalue weighted by atomic mass is 10.1. The summed E-state index contributed by atoms with van der Waals surface area (Å²) in [5.74, 6) is 0.505. The van der Waals surface area contributed by atoms with Crippen LogP contribution in [0.5, 0.6) is 0 Å². The maximum absolute atomic E-state index is 4.12. The summed E-state index contributed by atoms with van der Waals surface area (Å²) in [5, 5.41) is 4.10. The molecular formula is C9H10BrN3. The third-order valence-electron chi connectivity index (χ3n) is 2.02. The molecule has 0 atom stereocenters. The van der Waals surface area contributed by atoms with Crippen LogP contribution in [0.25, 0.3) is 5.65 Å². The highest BCUT2D eigenvalue weighted by Gasteiger charge is 2.05. The zero-order chi connectivity index (χ0) is 9.42. The number of halogens is 1. The second-order valence-corrected chi connectivity index (χ2v) is 4.16. The summed E-state index contributed by atoms with van der Waals surface area (Å²) >= 11 is 3.47. The summed E-state index contributed by atoms with van der Waals surface area (Å²) in [6.07, 6.45) is 3.57. The molecule has 0 saturated heterocycles. The van der Waals surface area contributed by atoms with Crippen molar-refractivity contribution >= 4 is 21.6 Å². The largest absolute Gasteiger partial charge is 0.220 e. The topological polar surface area (TPSA) is 30.2 Å². The second kappa shape index (κ2) is 3.10. The van der Waals surface area contributed by atoms with Crippen molar-refractivity contribution in [1.82, 2.24) is 14.6 Å². The SMILES string of the molecule is CC(C)c1cc(Br)c2ncnn2c1. The van der Waals surface area contributed by atoms with Gasteiger partial charge in [-0.05, 0) is 33.5 Å². The lowest BCUT2D eigenvalue weighted by molar-refractivity contribution is 0.833. The van der Waals surface area contributed by atoms with Gasteiger partial charge in [-0.1, -0.05) is 13.8 Å². The van der Waals surface area contributed by atoms with Crippen LogP contribution >= 0.6 is 15.9 Å². The summed E-state index contributed by atoms with van der Waals surface area (Å²) in [5.41, 5.74) is 2.12. The van der Waals surface area contributed by atoms with Gasteiger partial charge in [-0.3, -0.25) is 0 Å². The molecule has 0 aliphatic heterocycles. The van der Waals surface area contributed by atoms with Gasteiger partial charge < -0.3 is 0 Å². The van der Waals surface area contributed by atoms with Crippen LogP contribution in [0.1, 0.15) is 25.3 Å². The summed E-state index contributed by atoms with van der Waals surface area (Å²) in [6, 6.07) is 2.09. The van der Waals surface area contributed by atoms with E-state index in [-0.39, 0.29) is 0 Å². The smallest absolute Gasteiger partial charge is 0.169 e. The van der Waals surface area contributed by atoms with Gasteiger partial charge in [0.15, 0.2) is 5.65 Å². The predicted molar refractivity (Wildman–Crippen MR) is 54.8 cm³/mol. The first-order chi connectivity index (χ1) is 6.18. The molecule has 0 aromatic carbocycles. The van der Waals surface area contributed by atoms with E-state index < -0.39 is 0 Å². The fourth-order valence-electron chi connectivity index (χ4n) is 1.22. The number of hydrogen-bond acceptors (Lipinski definition) is 2. The molecule has 0 radical (unpaired) electrons. The maximum atomic E-state index is 4.12. The van der Waals surface area contributed by atoms with E-state index in [1.54, 1.807) is 10.8 Å². The third-order valence-corrected chi connectivity index (χ3v) is 2.60. The Morgan fingerprint density at radius 3 is 2.92 bits per heavy atom. The number of pyridine rings is 1. The molecule has 3 nitrogen and oxygen atoms in total. The molecule has 0 aliphatic rings. The van der Waals surface area contributed by atoms with Gasteiger partial charge in [-0.25, -0.2) is 9.50 Å². The minimum absolute atomic E-state index is 0.505. The van der Waals surface area contributed by atoms with Crippen molar-refractivity contribution < 1.29 is 0 Å². The van der Waals surface area contributed by atoms with Crippen LogP contribution in [-0.4, -0.2) is 14.6 Å². The molecule has 0 bridgehead atoms. The Morgan fingerprint density at radius 2 is 2.23 bits per heavy atom. The molecule has 2 aromatic rings. The Balaban J connectivity index is 2.70. The molecule has 13 heavy (non-hydrogen) atoms. The zero-order valence-electron chi connectivity index (χ0n) is 7.53. The minimum atomic E-state index is 0.505. The Kier molecular flexibility index (Phi) is 2.07. The Labute approximate surface area is 84.9 Å². The first-order valence-electron chi connectivity index (χ1n) is 4.17. The fourth-order valence-corrected chi connectivity index (χ4v) is 1.77. The van der Waals surface area contributed by atoms with E-state index in [4.69, 9.17) is 0 Å². The number of fused-ring (bicyclic) bond motifs is 1. The van der Waals surface area contributed by atoms with Gasteiger partial charge in [-0.15, -0.1) is 0 Å². The lowest BCUT2D eigenvalue weighted by Gasteiger charge is -2.05. The normalized spacial score (nSPS) is 11.4. The van der Waals surface area contributed by atoms with Gasteiger partial charge in [0.25, 0.3) is 0 Å². The Bertz CT molecular complexity index is 433. The van der Waals surface area contributed by atoms with Crippen LogP contribution < -0.4 is 0 Å². The summed E-state index contributed by atoms with van der Waals surface area (Å²) in [7, 11) is 0. The molecule has 0 spiro atoms. The van der Waals surface area contributed by atoms with E-state index in [1.807, 2.05) is 6.20 Å². The molecule has 0 saturated carbocycles. The van der Waals surface area contributed by atoms with Crippen LogP contribution in [0.4, 0.5) is 0 Å². The van der Waals surface area contributed by atoms with E-state index in [2.05, 4.69) is 45.9 Å². The van der Waals surface area contributed by atoms with Gasteiger partial charge in [0.05, 0.1) is 4.47 Å². The molecule has 4 heteroatoms. The highest BCUT2D eigenvalue weighted by atomic mass is 79.9. The van der Waals surface area contributed by atoms with Crippen LogP contribution in [-0.2, 0) is 0 Å². The number of aromatic nitrogens is 3. The predicted octanol–water partition coefficient (Wildman–Crippen LogP) is 2.62. The van der Waals surface area contributed by atoms with Crippen LogP contribution in [0.15, 0.2) is 23.1 Å². The van der Waals surface area contributed by atoms with Gasteiger partial charge >= 0.3 is 0 Å². The monoisotopic (exact) mass is 239 g/mol. The van der Waals surface area contributed by atoms with Crippen molar-refractivity contribution in [2.24, 2.45) is 0 Å². The summed E-state index contributed by atoms with van der Waals surface area (Å²) < 4.78 is 2.79. The van der Waals surface area contributed by atoms with Crippen LogP contribution in [0.2, 0.25) is 0 Å². The highest BCUT2D eigenvalue weighted by molar-refractivity contribution is 9.10. The van der Waals surface area contributed by atoms with Gasteiger partial charge in [0, 0.05) is 6.20 Å². The molecule has 68 valence electrons. The molecule has 2 aromatic heterocycles. The molecule has 2 rings (SSSR count). The molecule has 0 unspecified atom stereocenters. The van der Waals surface area contributed by atoms with E-state index in [0.29, 0.717) is 5.92 Å². The van der Waals surface area contributed by atoms with Crippen LogP contribution in [0, 0.1) is 0 Å². The molecule has 2 heterocycles. The summed E-state index contributed by atoms with van der Waals surface area (Å²) in [4.78, 5) is 4.12. The molecule has 0 aliphatic carbocycles. The fraction of sp³-hybridized carbons (Fsp3) is 0.333. The quantitative estimate of drug-likeness (QED) is 0.766. The Morgan fingerprint density at radius 1 is 1.46 bits per heavy atom. The maximum Gasteiger partial charge on any atom is 0.169 e. The average molecular weight is 240 g/mol. The van der Waals surface area contributed by atoms with Gasteiger partial charge in [0.1, 0.15) is 6.33 Å². The van der Waals surface area contributed by atoms with Crippen molar-refractivity contribution in [3.8, 4) is 0 Å². The van der Waals surface area contributed by atoms with Crippen molar-refractivity contribution in [3.63, 3.8) is 0 Å². The second-order valence-electron chi connectivity index (χ2n) is 3.30. The van der Waals surface area contributed by atoms with Gasteiger partial charge in [0.2, 0.25) is 0 Å². The third kappa shape index (κ3) is 1.46. The van der Waals surface area contributed by atoms with Crippen molar-refractivity contribution in [3.05, 3.63) is 28.6 Å². The van der Waals surface area contributed by atoms with Crippen molar-refractivity contribution in [2.75, 3.05) is 0 Å². The van der Waals surface area contributed by atoms with E-state index in [1.165, 1.54) is 5.56 Å². The molecule has 0 fully saturated rings. The van der Waals surface area contributed by atoms with E-state index in [9.17, 15) is 0 Å². The van der Waals surface area contributed by atoms with Crippen LogP contribution in [0.3, 0.4) is 0 Å². The minimum Gasteiger partial charge on any atom is -0.220 e. The molecule has 0 N–H and O–H groups in total. The molecular weight excluding hydrogens is 230 g/mol. The number of hydrogen-bond donors (Lipinski definition) is 0. The molecule has 0 amide bonds. The van der Waals surface area contributed by atoms with Gasteiger partial charge in [-0.2, -0.15) is 5.10 Å². The number of rotatable bonds is 1. The lowest BCUT2D eigenvalue weighted by Crippen LogP contribution is -1.94. The first kappa shape index (κ1) is 8.69. The van der Waals surface area contributed by atoms with E-state index in [0.717, 1.165) is 10.1 Å². The Hall–Kier alpha value is -0.900.